The van der Waals surface area contributed by atoms with E-state index in [4.69, 9.17) is 16.3 Å². The van der Waals surface area contributed by atoms with Gasteiger partial charge in [-0.3, -0.25) is 4.79 Å². The molecule has 0 saturated carbocycles. The van der Waals surface area contributed by atoms with Crippen molar-refractivity contribution in [2.24, 2.45) is 0 Å². The number of benzene rings is 2. The van der Waals surface area contributed by atoms with Gasteiger partial charge in [0.25, 0.3) is 5.91 Å². The molecule has 0 unspecified atom stereocenters. The van der Waals surface area contributed by atoms with Gasteiger partial charge in [0.1, 0.15) is 10.6 Å². The molecular weight excluding hydrogens is 400 g/mol. The van der Waals surface area contributed by atoms with Crippen LogP contribution in [0.25, 0.3) is 0 Å². The molecule has 2 aromatic rings. The van der Waals surface area contributed by atoms with Crippen LogP contribution in [-0.2, 0) is 10.0 Å². The Hall–Kier alpha value is -2.09. The summed E-state index contributed by atoms with van der Waals surface area (Å²) in [5.74, 6) is 0.0883. The molecule has 1 N–H and O–H groups in total. The number of halogens is 1. The summed E-state index contributed by atoms with van der Waals surface area (Å²) in [6.07, 6.45) is 2.69. The van der Waals surface area contributed by atoms with Crippen molar-refractivity contribution in [1.29, 1.82) is 0 Å². The van der Waals surface area contributed by atoms with Crippen LogP contribution < -0.4 is 10.1 Å². The Bertz CT molecular complexity index is 956. The van der Waals surface area contributed by atoms with Gasteiger partial charge in [0.2, 0.25) is 10.0 Å². The molecule has 28 heavy (non-hydrogen) atoms. The molecule has 0 radical (unpaired) electrons. The molecule has 6 nitrogen and oxygen atoms in total. The van der Waals surface area contributed by atoms with Crippen LogP contribution in [0, 0.1) is 0 Å². The largest absolute Gasteiger partial charge is 0.493 e. The fraction of sp³-hybridized carbons (Fsp3) is 0.350. The Morgan fingerprint density at radius 2 is 1.86 bits per heavy atom. The van der Waals surface area contributed by atoms with E-state index >= 15 is 0 Å². The average Bonchev–Trinajstić information content (AvgIpc) is 2.70. The van der Waals surface area contributed by atoms with Crippen molar-refractivity contribution in [2.75, 3.05) is 25.0 Å². The second-order valence-corrected chi connectivity index (χ2v) is 8.81. The van der Waals surface area contributed by atoms with E-state index in [1.54, 1.807) is 30.3 Å². The van der Waals surface area contributed by atoms with E-state index in [2.05, 4.69) is 5.32 Å². The van der Waals surface area contributed by atoms with Crippen molar-refractivity contribution in [3.63, 3.8) is 0 Å². The van der Waals surface area contributed by atoms with E-state index in [0.717, 1.165) is 19.3 Å². The minimum absolute atomic E-state index is 0.00644. The molecule has 150 valence electrons. The Labute approximate surface area is 170 Å². The van der Waals surface area contributed by atoms with Crippen LogP contribution in [0.2, 0.25) is 5.02 Å². The highest BCUT2D eigenvalue weighted by molar-refractivity contribution is 7.89. The van der Waals surface area contributed by atoms with Gasteiger partial charge >= 0.3 is 0 Å². The number of sulfonamides is 1. The minimum Gasteiger partial charge on any atom is -0.493 e. The predicted octanol–water partition coefficient (Wildman–Crippen LogP) is 4.17. The van der Waals surface area contributed by atoms with Crippen molar-refractivity contribution < 1.29 is 17.9 Å². The number of nitrogens with zero attached hydrogens (tertiary/aromatic N) is 1. The van der Waals surface area contributed by atoms with E-state index in [1.807, 2.05) is 6.92 Å². The van der Waals surface area contributed by atoms with E-state index < -0.39 is 10.0 Å². The molecule has 1 saturated heterocycles. The topological polar surface area (TPSA) is 75.7 Å². The van der Waals surface area contributed by atoms with Crippen LogP contribution >= 0.6 is 11.6 Å². The summed E-state index contributed by atoms with van der Waals surface area (Å²) in [5, 5.41) is 2.88. The Balaban J connectivity index is 1.87. The van der Waals surface area contributed by atoms with E-state index in [1.165, 1.54) is 16.4 Å². The molecule has 1 amide bonds. The van der Waals surface area contributed by atoms with Gasteiger partial charge < -0.3 is 10.1 Å². The molecule has 3 rings (SSSR count). The molecule has 1 heterocycles. The SMILES string of the molecule is CCOc1ccccc1C(=O)Nc1ccc(Cl)c(S(=O)(=O)N2CCCCC2)c1. The van der Waals surface area contributed by atoms with Crippen LogP contribution in [-0.4, -0.2) is 38.3 Å². The highest BCUT2D eigenvalue weighted by atomic mass is 35.5. The number of rotatable bonds is 6. The van der Waals surface area contributed by atoms with Gasteiger partial charge in [0.15, 0.2) is 0 Å². The van der Waals surface area contributed by atoms with Gasteiger partial charge in [0.05, 0.1) is 17.2 Å². The van der Waals surface area contributed by atoms with Crippen molar-refractivity contribution in [2.45, 2.75) is 31.1 Å². The van der Waals surface area contributed by atoms with Gasteiger partial charge in [-0.25, -0.2) is 8.42 Å². The lowest BCUT2D eigenvalue weighted by Gasteiger charge is -2.26. The second-order valence-electron chi connectivity index (χ2n) is 6.49. The third-order valence-corrected chi connectivity index (χ3v) is 6.93. The zero-order valence-corrected chi connectivity index (χ0v) is 17.2. The normalized spacial score (nSPS) is 15.2. The number of amides is 1. The standard InChI is InChI=1S/C20H23ClN2O4S/c1-2-27-18-9-5-4-8-16(18)20(24)22-15-10-11-17(21)19(14-15)28(25,26)23-12-6-3-7-13-23/h4-5,8-11,14H,2-3,6-7,12-13H2,1H3,(H,22,24). The number of carbonyl (C=O) groups excluding carboxylic acids is 1. The number of piperidine rings is 1. The maximum atomic E-state index is 13.0. The molecule has 0 bridgehead atoms. The van der Waals surface area contributed by atoms with E-state index in [-0.39, 0.29) is 15.8 Å². The third-order valence-electron chi connectivity index (χ3n) is 4.55. The smallest absolute Gasteiger partial charge is 0.259 e. The van der Waals surface area contributed by atoms with Gasteiger partial charge in [-0.05, 0) is 50.1 Å². The number of hydrogen-bond donors (Lipinski definition) is 1. The Morgan fingerprint density at radius 1 is 1.14 bits per heavy atom. The van der Waals surface area contributed by atoms with Crippen LogP contribution in [0.5, 0.6) is 5.75 Å². The fourth-order valence-corrected chi connectivity index (χ4v) is 5.17. The average molecular weight is 423 g/mol. The van der Waals surface area contributed by atoms with Crippen LogP contribution in [0.4, 0.5) is 5.69 Å². The van der Waals surface area contributed by atoms with Gasteiger partial charge in [-0.1, -0.05) is 30.2 Å². The zero-order valence-electron chi connectivity index (χ0n) is 15.7. The monoisotopic (exact) mass is 422 g/mol. The van der Waals surface area contributed by atoms with Crippen molar-refractivity contribution in [3.05, 3.63) is 53.1 Å². The summed E-state index contributed by atoms with van der Waals surface area (Å²) in [7, 11) is -3.71. The lowest BCUT2D eigenvalue weighted by atomic mass is 10.2. The zero-order chi connectivity index (χ0) is 20.1. The number of nitrogens with one attached hydrogen (secondary N) is 1. The maximum absolute atomic E-state index is 13.0. The summed E-state index contributed by atoms with van der Waals surface area (Å²) < 4.78 is 32.9. The van der Waals surface area contributed by atoms with Crippen LogP contribution in [0.15, 0.2) is 47.4 Å². The second kappa shape index (κ2) is 8.94. The first-order valence-electron chi connectivity index (χ1n) is 9.26. The van der Waals surface area contributed by atoms with Crippen molar-refractivity contribution in [1.82, 2.24) is 4.31 Å². The number of para-hydroxylation sites is 1. The lowest BCUT2D eigenvalue weighted by molar-refractivity contribution is 0.102. The van der Waals surface area contributed by atoms with E-state index in [0.29, 0.717) is 36.7 Å². The molecular formula is C20H23ClN2O4S. The highest BCUT2D eigenvalue weighted by Crippen LogP contribution is 2.30. The molecule has 0 spiro atoms. The number of carbonyl (C=O) groups is 1. The minimum atomic E-state index is -3.71. The molecule has 0 aliphatic carbocycles. The first kappa shape index (κ1) is 20.6. The summed E-state index contributed by atoms with van der Waals surface area (Å²) in [4.78, 5) is 12.7. The number of ether oxygens (including phenoxy) is 1. The molecule has 0 atom stereocenters. The molecule has 8 heteroatoms. The van der Waals surface area contributed by atoms with Crippen molar-refractivity contribution in [3.8, 4) is 5.75 Å². The number of hydrogen-bond acceptors (Lipinski definition) is 4. The summed E-state index contributed by atoms with van der Waals surface area (Å²) in [6.45, 7) is 3.24. The lowest BCUT2D eigenvalue weighted by Crippen LogP contribution is -2.35. The van der Waals surface area contributed by atoms with E-state index in [9.17, 15) is 13.2 Å². The first-order chi connectivity index (χ1) is 13.4. The third kappa shape index (κ3) is 4.48. The fourth-order valence-electron chi connectivity index (χ4n) is 3.16. The summed E-state index contributed by atoms with van der Waals surface area (Å²) in [5.41, 5.74) is 0.732. The van der Waals surface area contributed by atoms with Crippen molar-refractivity contribution >= 4 is 33.2 Å². The molecule has 1 aliphatic heterocycles. The molecule has 0 aromatic heterocycles. The maximum Gasteiger partial charge on any atom is 0.259 e. The highest BCUT2D eigenvalue weighted by Gasteiger charge is 2.28. The quantitative estimate of drug-likeness (QED) is 0.758. The predicted molar refractivity (Wildman–Crippen MR) is 110 cm³/mol. The molecule has 2 aromatic carbocycles. The van der Waals surface area contributed by atoms with Crippen LogP contribution in [0.3, 0.4) is 0 Å². The Morgan fingerprint density at radius 3 is 2.57 bits per heavy atom. The summed E-state index contributed by atoms with van der Waals surface area (Å²) >= 11 is 6.18. The Kier molecular flexibility index (Phi) is 6.59. The molecule has 1 fully saturated rings. The molecule has 1 aliphatic rings. The number of anilines is 1. The van der Waals surface area contributed by atoms with Gasteiger partial charge in [-0.15, -0.1) is 0 Å². The van der Waals surface area contributed by atoms with Gasteiger partial charge in [0, 0.05) is 18.8 Å². The van der Waals surface area contributed by atoms with Gasteiger partial charge in [-0.2, -0.15) is 4.31 Å². The summed E-state index contributed by atoms with van der Waals surface area (Å²) in [6, 6.07) is 11.4. The first-order valence-corrected chi connectivity index (χ1v) is 11.1. The van der Waals surface area contributed by atoms with Crippen LogP contribution in [0.1, 0.15) is 36.5 Å².